The zero-order valence-electron chi connectivity index (χ0n) is 14.4. The lowest BCUT2D eigenvalue weighted by atomic mass is 10.1. The van der Waals surface area contributed by atoms with E-state index in [0.29, 0.717) is 5.25 Å². The van der Waals surface area contributed by atoms with Crippen molar-refractivity contribution < 1.29 is 0 Å². The third-order valence-electron chi connectivity index (χ3n) is 4.26. The summed E-state index contributed by atoms with van der Waals surface area (Å²) in [6.45, 7) is 3.16. The van der Waals surface area contributed by atoms with Gasteiger partial charge in [-0.15, -0.1) is 11.8 Å². The van der Waals surface area contributed by atoms with Gasteiger partial charge in [0.1, 0.15) is 0 Å². The molecule has 4 heteroatoms. The molecule has 25 heavy (non-hydrogen) atoms. The second-order valence-electron chi connectivity index (χ2n) is 6.28. The van der Waals surface area contributed by atoms with E-state index in [9.17, 15) is 0 Å². The molecular formula is C21H23BrN2S. The molecule has 0 saturated carbocycles. The van der Waals surface area contributed by atoms with E-state index in [0.717, 1.165) is 29.6 Å². The molecule has 3 rings (SSSR count). The summed E-state index contributed by atoms with van der Waals surface area (Å²) in [5.74, 6) is 1.05. The van der Waals surface area contributed by atoms with Crippen LogP contribution in [0.25, 0.3) is 0 Å². The van der Waals surface area contributed by atoms with E-state index in [1.807, 2.05) is 30.5 Å². The number of benzene rings is 2. The van der Waals surface area contributed by atoms with Crippen LogP contribution in [0.3, 0.4) is 0 Å². The summed E-state index contributed by atoms with van der Waals surface area (Å²) in [5.41, 5.74) is 4.12. The van der Waals surface area contributed by atoms with Gasteiger partial charge in [0, 0.05) is 34.4 Å². The molecule has 1 heterocycles. The molecule has 0 bridgehead atoms. The quantitative estimate of drug-likeness (QED) is 0.423. The Morgan fingerprint density at radius 3 is 2.52 bits per heavy atom. The number of nitrogens with zero attached hydrogens (tertiary/aromatic N) is 2. The van der Waals surface area contributed by atoms with Crippen molar-refractivity contribution in [2.75, 3.05) is 0 Å². The SMILES string of the molecule is Cc1ccc(CSC(CCCn2ccnc2)c2ccc(Br)cc2)cc1. The van der Waals surface area contributed by atoms with Crippen molar-refractivity contribution in [2.45, 2.75) is 37.3 Å². The molecule has 2 aromatic carbocycles. The number of aryl methyl sites for hydroxylation is 2. The van der Waals surface area contributed by atoms with Crippen molar-refractivity contribution in [3.8, 4) is 0 Å². The molecule has 0 spiro atoms. The van der Waals surface area contributed by atoms with Gasteiger partial charge in [0.25, 0.3) is 0 Å². The largest absolute Gasteiger partial charge is 0.337 e. The summed E-state index contributed by atoms with van der Waals surface area (Å²) in [4.78, 5) is 4.12. The summed E-state index contributed by atoms with van der Waals surface area (Å²) >= 11 is 5.58. The highest BCUT2D eigenvalue weighted by Gasteiger charge is 2.12. The van der Waals surface area contributed by atoms with Gasteiger partial charge >= 0.3 is 0 Å². The molecule has 3 aromatic rings. The summed E-state index contributed by atoms with van der Waals surface area (Å²) in [5, 5.41) is 0.512. The van der Waals surface area contributed by atoms with Crippen molar-refractivity contribution in [2.24, 2.45) is 0 Å². The minimum absolute atomic E-state index is 0.512. The monoisotopic (exact) mass is 414 g/mol. The van der Waals surface area contributed by atoms with E-state index in [2.05, 4.69) is 80.9 Å². The lowest BCUT2D eigenvalue weighted by Crippen LogP contribution is -2.00. The van der Waals surface area contributed by atoms with Crippen LogP contribution < -0.4 is 0 Å². The number of halogens is 1. The molecule has 0 amide bonds. The van der Waals surface area contributed by atoms with Gasteiger partial charge in [-0.1, -0.05) is 57.9 Å². The highest BCUT2D eigenvalue weighted by atomic mass is 79.9. The lowest BCUT2D eigenvalue weighted by molar-refractivity contribution is 0.604. The first-order valence-corrected chi connectivity index (χ1v) is 10.4. The van der Waals surface area contributed by atoms with E-state index >= 15 is 0 Å². The standard InChI is InChI=1S/C21H23BrN2S/c1-17-4-6-18(7-5-17)15-25-21(19-8-10-20(22)11-9-19)3-2-13-24-14-12-23-16-24/h4-12,14,16,21H,2-3,13,15H2,1H3. The van der Waals surface area contributed by atoms with Crippen molar-refractivity contribution in [3.63, 3.8) is 0 Å². The van der Waals surface area contributed by atoms with E-state index in [-0.39, 0.29) is 0 Å². The smallest absolute Gasteiger partial charge is 0.0945 e. The van der Waals surface area contributed by atoms with Gasteiger partial charge in [-0.25, -0.2) is 4.98 Å². The fourth-order valence-corrected chi connectivity index (χ4v) is 4.32. The van der Waals surface area contributed by atoms with Crippen LogP contribution in [0.5, 0.6) is 0 Å². The van der Waals surface area contributed by atoms with Crippen LogP contribution in [0.4, 0.5) is 0 Å². The van der Waals surface area contributed by atoms with Crippen LogP contribution in [0, 0.1) is 6.92 Å². The van der Waals surface area contributed by atoms with Crippen molar-refractivity contribution in [3.05, 3.63) is 88.4 Å². The fourth-order valence-electron chi connectivity index (χ4n) is 2.78. The molecule has 130 valence electrons. The number of hydrogen-bond donors (Lipinski definition) is 0. The highest BCUT2D eigenvalue weighted by Crippen LogP contribution is 2.36. The minimum Gasteiger partial charge on any atom is -0.337 e. The van der Waals surface area contributed by atoms with Gasteiger partial charge < -0.3 is 4.57 Å². The predicted octanol–water partition coefficient (Wildman–Crippen LogP) is 6.41. The number of imidazole rings is 1. The topological polar surface area (TPSA) is 17.8 Å². The third-order valence-corrected chi connectivity index (χ3v) is 6.19. The molecule has 0 radical (unpaired) electrons. The van der Waals surface area contributed by atoms with E-state index < -0.39 is 0 Å². The van der Waals surface area contributed by atoms with Crippen LogP contribution in [0.2, 0.25) is 0 Å². The van der Waals surface area contributed by atoms with Crippen molar-refractivity contribution in [1.29, 1.82) is 0 Å². The van der Waals surface area contributed by atoms with Gasteiger partial charge in [0.2, 0.25) is 0 Å². The van der Waals surface area contributed by atoms with E-state index in [1.54, 1.807) is 0 Å². The molecule has 1 unspecified atom stereocenters. The van der Waals surface area contributed by atoms with Gasteiger partial charge in [-0.2, -0.15) is 0 Å². The molecule has 0 fully saturated rings. The van der Waals surface area contributed by atoms with Crippen molar-refractivity contribution >= 4 is 27.7 Å². The molecule has 1 atom stereocenters. The number of thioether (sulfide) groups is 1. The van der Waals surface area contributed by atoms with E-state index in [4.69, 9.17) is 0 Å². The van der Waals surface area contributed by atoms with Crippen LogP contribution in [-0.2, 0) is 12.3 Å². The molecule has 2 nitrogen and oxygen atoms in total. The van der Waals surface area contributed by atoms with Gasteiger partial charge in [0.05, 0.1) is 6.33 Å². The normalized spacial score (nSPS) is 12.2. The second kappa shape index (κ2) is 9.25. The van der Waals surface area contributed by atoms with Crippen molar-refractivity contribution in [1.82, 2.24) is 9.55 Å². The molecule has 0 N–H and O–H groups in total. The predicted molar refractivity (Wildman–Crippen MR) is 111 cm³/mol. The molecule has 0 aliphatic rings. The zero-order valence-corrected chi connectivity index (χ0v) is 16.8. The first-order chi connectivity index (χ1) is 12.2. The maximum absolute atomic E-state index is 4.12. The molecule has 0 saturated heterocycles. The number of hydrogen-bond acceptors (Lipinski definition) is 2. The maximum atomic E-state index is 4.12. The van der Waals surface area contributed by atoms with Crippen LogP contribution in [0.1, 0.15) is 34.8 Å². The molecule has 0 aliphatic carbocycles. The summed E-state index contributed by atoms with van der Waals surface area (Å²) < 4.78 is 3.29. The summed E-state index contributed by atoms with van der Waals surface area (Å²) in [6, 6.07) is 17.7. The molecule has 0 aliphatic heterocycles. The Morgan fingerprint density at radius 2 is 1.84 bits per heavy atom. The summed E-state index contributed by atoms with van der Waals surface area (Å²) in [6.07, 6.45) is 8.09. The lowest BCUT2D eigenvalue weighted by Gasteiger charge is -2.18. The van der Waals surface area contributed by atoms with Crippen LogP contribution in [0.15, 0.2) is 71.7 Å². The Labute approximate surface area is 162 Å². The minimum atomic E-state index is 0.512. The average Bonchev–Trinajstić information content (AvgIpc) is 3.14. The highest BCUT2D eigenvalue weighted by molar-refractivity contribution is 9.10. The second-order valence-corrected chi connectivity index (χ2v) is 8.39. The van der Waals surface area contributed by atoms with Crippen LogP contribution in [-0.4, -0.2) is 9.55 Å². The number of aromatic nitrogens is 2. The Kier molecular flexibility index (Phi) is 6.76. The molecule has 1 aromatic heterocycles. The first kappa shape index (κ1) is 18.3. The Morgan fingerprint density at radius 1 is 1.08 bits per heavy atom. The van der Waals surface area contributed by atoms with Gasteiger partial charge in [-0.3, -0.25) is 0 Å². The van der Waals surface area contributed by atoms with E-state index in [1.165, 1.54) is 16.7 Å². The summed E-state index contributed by atoms with van der Waals surface area (Å²) in [7, 11) is 0. The third kappa shape index (κ3) is 5.75. The Balaban J connectivity index is 1.62. The average molecular weight is 415 g/mol. The first-order valence-electron chi connectivity index (χ1n) is 8.59. The zero-order chi connectivity index (χ0) is 17.5. The van der Waals surface area contributed by atoms with Gasteiger partial charge in [0.15, 0.2) is 0 Å². The maximum Gasteiger partial charge on any atom is 0.0945 e. The van der Waals surface area contributed by atoms with Crippen LogP contribution >= 0.6 is 27.7 Å². The Bertz CT molecular complexity index is 752. The van der Waals surface area contributed by atoms with Gasteiger partial charge in [-0.05, 0) is 43.0 Å². The molecular weight excluding hydrogens is 392 g/mol. The number of rotatable bonds is 8. The fraction of sp³-hybridized carbons (Fsp3) is 0.286. The Hall–Kier alpha value is -1.52.